The van der Waals surface area contributed by atoms with Crippen LogP contribution in [0, 0.1) is 0 Å². The molecule has 0 aliphatic rings. The van der Waals surface area contributed by atoms with Crippen LogP contribution in [0.1, 0.15) is 10.5 Å². The molecule has 0 aliphatic carbocycles. The van der Waals surface area contributed by atoms with Gasteiger partial charge in [-0.05, 0) is 17.7 Å². The first-order valence-electron chi connectivity index (χ1n) is 7.41. The maximum absolute atomic E-state index is 12.6. The number of carbonyl (C=O) groups excluding carboxylic acids is 1. The fourth-order valence-electron chi connectivity index (χ4n) is 2.39. The highest BCUT2D eigenvalue weighted by Gasteiger charge is 2.32. The predicted octanol–water partition coefficient (Wildman–Crippen LogP) is 3.81. The van der Waals surface area contributed by atoms with Gasteiger partial charge in [-0.15, -0.1) is 13.2 Å². The number of rotatable bonds is 4. The third-order valence-electron chi connectivity index (χ3n) is 3.47. The highest BCUT2D eigenvalue weighted by Crippen LogP contribution is 2.35. The quantitative estimate of drug-likeness (QED) is 0.768. The Balaban J connectivity index is 2.04. The molecule has 1 amide bonds. The fourth-order valence-corrected chi connectivity index (χ4v) is 2.39. The summed E-state index contributed by atoms with van der Waals surface area (Å²) >= 11 is 0. The molecule has 0 atom stereocenters. The van der Waals surface area contributed by atoms with Gasteiger partial charge in [0, 0.05) is 11.1 Å². The van der Waals surface area contributed by atoms with Crippen LogP contribution in [0.25, 0.3) is 22.4 Å². The molecule has 8 heteroatoms. The molecule has 2 aromatic carbocycles. The van der Waals surface area contributed by atoms with E-state index in [2.05, 4.69) is 14.7 Å². The van der Waals surface area contributed by atoms with E-state index in [4.69, 9.17) is 5.73 Å². The number of carbonyl (C=O) groups is 1. The van der Waals surface area contributed by atoms with Crippen LogP contribution in [0.4, 0.5) is 13.2 Å². The third kappa shape index (κ3) is 3.97. The average Bonchev–Trinajstić information content (AvgIpc) is 2.61. The molecule has 1 aromatic heterocycles. The number of nitrogens with zero attached hydrogens (tertiary/aromatic N) is 2. The number of nitrogens with two attached hydrogens (primary N) is 1. The predicted molar refractivity (Wildman–Crippen MR) is 88.1 cm³/mol. The highest BCUT2D eigenvalue weighted by molar-refractivity contribution is 5.91. The van der Waals surface area contributed by atoms with Crippen molar-refractivity contribution < 1.29 is 22.7 Å². The minimum atomic E-state index is -4.80. The standard InChI is InChI=1S/C18H12F3N3O2/c19-18(20,21)26-16-7-2-1-6-13(16)11-4-3-5-12(8-11)14-9-23-10-15(24-14)17(22)25/h1-10H,(H2,22,25). The number of aromatic nitrogens is 2. The lowest BCUT2D eigenvalue weighted by molar-refractivity contribution is -0.274. The van der Waals surface area contributed by atoms with Crippen LogP contribution in [0.3, 0.4) is 0 Å². The monoisotopic (exact) mass is 359 g/mol. The number of para-hydroxylation sites is 1. The molecule has 2 N–H and O–H groups in total. The Kier molecular flexibility index (Phi) is 4.57. The van der Waals surface area contributed by atoms with Crippen molar-refractivity contribution in [2.75, 3.05) is 0 Å². The Hall–Kier alpha value is -3.42. The van der Waals surface area contributed by atoms with E-state index in [1.807, 2.05) is 0 Å². The Morgan fingerprint density at radius 3 is 2.46 bits per heavy atom. The second-order valence-electron chi connectivity index (χ2n) is 5.28. The van der Waals surface area contributed by atoms with Crippen LogP contribution < -0.4 is 10.5 Å². The minimum absolute atomic E-state index is 0.00583. The van der Waals surface area contributed by atoms with E-state index in [-0.39, 0.29) is 17.0 Å². The van der Waals surface area contributed by atoms with E-state index in [0.717, 1.165) is 0 Å². The third-order valence-corrected chi connectivity index (χ3v) is 3.47. The van der Waals surface area contributed by atoms with Gasteiger partial charge < -0.3 is 10.5 Å². The summed E-state index contributed by atoms with van der Waals surface area (Å²) in [7, 11) is 0. The zero-order valence-corrected chi connectivity index (χ0v) is 13.2. The first-order chi connectivity index (χ1) is 12.3. The largest absolute Gasteiger partial charge is 0.573 e. The fraction of sp³-hybridized carbons (Fsp3) is 0.0556. The van der Waals surface area contributed by atoms with Crippen molar-refractivity contribution in [2.45, 2.75) is 6.36 Å². The summed E-state index contributed by atoms with van der Waals surface area (Å²) in [6, 6.07) is 12.5. The zero-order valence-electron chi connectivity index (χ0n) is 13.2. The van der Waals surface area contributed by atoms with Gasteiger partial charge in [0.25, 0.3) is 5.91 Å². The van der Waals surface area contributed by atoms with Crippen molar-refractivity contribution in [3.8, 4) is 28.1 Å². The molecule has 0 unspecified atom stereocenters. The molecule has 0 saturated heterocycles. The average molecular weight is 359 g/mol. The molecule has 0 spiro atoms. The summed E-state index contributed by atoms with van der Waals surface area (Å²) in [5.74, 6) is -1.03. The number of amides is 1. The SMILES string of the molecule is NC(=O)c1cncc(-c2cccc(-c3ccccc3OC(F)(F)F)c2)n1. The van der Waals surface area contributed by atoms with E-state index in [9.17, 15) is 18.0 Å². The van der Waals surface area contributed by atoms with E-state index in [1.165, 1.54) is 30.6 Å². The number of benzene rings is 2. The second-order valence-corrected chi connectivity index (χ2v) is 5.28. The number of hydrogen-bond donors (Lipinski definition) is 1. The molecule has 0 bridgehead atoms. The number of alkyl halides is 3. The summed E-state index contributed by atoms with van der Waals surface area (Å²) < 4.78 is 41.9. The van der Waals surface area contributed by atoms with Crippen molar-refractivity contribution in [1.29, 1.82) is 0 Å². The van der Waals surface area contributed by atoms with E-state index >= 15 is 0 Å². The summed E-state index contributed by atoms with van der Waals surface area (Å²) in [5.41, 5.74) is 6.90. The van der Waals surface area contributed by atoms with Gasteiger partial charge in [-0.3, -0.25) is 9.78 Å². The normalized spacial score (nSPS) is 11.2. The second kappa shape index (κ2) is 6.83. The molecule has 1 heterocycles. The molecule has 0 radical (unpaired) electrons. The highest BCUT2D eigenvalue weighted by atomic mass is 19.4. The summed E-state index contributed by atoms with van der Waals surface area (Å²) in [6.07, 6.45) is -2.12. The first kappa shape index (κ1) is 17.4. The first-order valence-corrected chi connectivity index (χ1v) is 7.41. The van der Waals surface area contributed by atoms with Gasteiger partial charge in [-0.2, -0.15) is 0 Å². The van der Waals surface area contributed by atoms with Crippen molar-refractivity contribution in [2.24, 2.45) is 5.73 Å². The van der Waals surface area contributed by atoms with Crippen LogP contribution in [-0.2, 0) is 0 Å². The lowest BCUT2D eigenvalue weighted by Crippen LogP contribution is -2.17. The van der Waals surface area contributed by atoms with Gasteiger partial charge in [-0.1, -0.05) is 36.4 Å². The van der Waals surface area contributed by atoms with Crippen LogP contribution in [0.15, 0.2) is 60.9 Å². The number of hydrogen-bond acceptors (Lipinski definition) is 4. The topological polar surface area (TPSA) is 78.1 Å². The Labute approximate surface area is 146 Å². The van der Waals surface area contributed by atoms with Gasteiger partial charge >= 0.3 is 6.36 Å². The van der Waals surface area contributed by atoms with Crippen LogP contribution in [0.5, 0.6) is 5.75 Å². The van der Waals surface area contributed by atoms with Gasteiger partial charge in [-0.25, -0.2) is 4.98 Å². The van der Waals surface area contributed by atoms with Crippen molar-refractivity contribution in [3.05, 3.63) is 66.6 Å². The zero-order chi connectivity index (χ0) is 18.7. The van der Waals surface area contributed by atoms with E-state index in [1.54, 1.807) is 30.3 Å². The van der Waals surface area contributed by atoms with Gasteiger partial charge in [0.05, 0.1) is 18.1 Å². The Morgan fingerprint density at radius 1 is 1.00 bits per heavy atom. The van der Waals surface area contributed by atoms with E-state index in [0.29, 0.717) is 16.8 Å². The number of halogens is 3. The molecule has 0 fully saturated rings. The van der Waals surface area contributed by atoms with Crippen molar-refractivity contribution >= 4 is 5.91 Å². The maximum Gasteiger partial charge on any atom is 0.573 e. The van der Waals surface area contributed by atoms with Crippen LogP contribution in [0.2, 0.25) is 0 Å². The number of ether oxygens (including phenoxy) is 1. The molecule has 132 valence electrons. The molecule has 3 aromatic rings. The van der Waals surface area contributed by atoms with Crippen LogP contribution in [-0.4, -0.2) is 22.2 Å². The van der Waals surface area contributed by atoms with E-state index < -0.39 is 12.3 Å². The maximum atomic E-state index is 12.6. The van der Waals surface area contributed by atoms with Crippen LogP contribution >= 0.6 is 0 Å². The smallest absolute Gasteiger partial charge is 0.405 e. The molecule has 0 saturated carbocycles. The molecule has 26 heavy (non-hydrogen) atoms. The lowest BCUT2D eigenvalue weighted by Gasteiger charge is -2.14. The Bertz CT molecular complexity index is 958. The molecular formula is C18H12F3N3O2. The van der Waals surface area contributed by atoms with Crippen molar-refractivity contribution in [3.63, 3.8) is 0 Å². The van der Waals surface area contributed by atoms with Gasteiger partial charge in [0.1, 0.15) is 11.4 Å². The Morgan fingerprint density at radius 2 is 1.73 bits per heavy atom. The molecule has 0 aliphatic heterocycles. The van der Waals surface area contributed by atoms with Gasteiger partial charge in [0.15, 0.2) is 0 Å². The molecule has 3 rings (SSSR count). The minimum Gasteiger partial charge on any atom is -0.405 e. The molecule has 5 nitrogen and oxygen atoms in total. The van der Waals surface area contributed by atoms with Gasteiger partial charge in [0.2, 0.25) is 0 Å². The van der Waals surface area contributed by atoms with Crippen molar-refractivity contribution in [1.82, 2.24) is 9.97 Å². The number of primary amides is 1. The summed E-state index contributed by atoms with van der Waals surface area (Å²) in [5, 5.41) is 0. The summed E-state index contributed by atoms with van der Waals surface area (Å²) in [6.45, 7) is 0. The molecular weight excluding hydrogens is 347 g/mol. The summed E-state index contributed by atoms with van der Waals surface area (Å²) in [4.78, 5) is 19.3. The lowest BCUT2D eigenvalue weighted by atomic mass is 10.0.